The van der Waals surface area contributed by atoms with E-state index in [1.165, 1.54) is 64.2 Å². The molecule has 0 aromatic heterocycles. The van der Waals surface area contributed by atoms with Crippen LogP contribution in [-0.4, -0.2) is 36.6 Å². The highest BCUT2D eigenvalue weighted by Gasteiger charge is 2.59. The molecule has 3 heteroatoms. The van der Waals surface area contributed by atoms with E-state index in [0.29, 0.717) is 17.3 Å². The lowest BCUT2D eigenvalue weighted by Crippen LogP contribution is -2.51. The van der Waals surface area contributed by atoms with Crippen molar-refractivity contribution in [3.63, 3.8) is 0 Å². The molecule has 1 heterocycles. The largest absolute Gasteiger partial charge is 0.462 e. The molecule has 0 radical (unpaired) electrons. The van der Waals surface area contributed by atoms with E-state index in [2.05, 4.69) is 59.4 Å². The highest BCUT2D eigenvalue weighted by molar-refractivity contribution is 5.69. The molecule has 1 aliphatic heterocycles. The van der Waals surface area contributed by atoms with Gasteiger partial charge in [-0.15, -0.1) is 0 Å². The van der Waals surface area contributed by atoms with Gasteiger partial charge in [-0.05, 0) is 110 Å². The minimum Gasteiger partial charge on any atom is -0.462 e. The van der Waals surface area contributed by atoms with E-state index in [-0.39, 0.29) is 12.1 Å². The molecule has 40 heavy (non-hydrogen) atoms. The van der Waals surface area contributed by atoms with Crippen molar-refractivity contribution in [1.29, 1.82) is 0 Å². The van der Waals surface area contributed by atoms with Crippen LogP contribution >= 0.6 is 0 Å². The van der Waals surface area contributed by atoms with Crippen molar-refractivity contribution in [3.8, 4) is 0 Å². The van der Waals surface area contributed by atoms with Gasteiger partial charge in [0.1, 0.15) is 6.10 Å². The number of carbonyl (C=O) groups is 1. The predicted molar refractivity (Wildman–Crippen MR) is 167 cm³/mol. The van der Waals surface area contributed by atoms with E-state index >= 15 is 0 Å². The molecule has 0 spiro atoms. The third-order valence-corrected chi connectivity index (χ3v) is 13.1. The van der Waals surface area contributed by atoms with E-state index in [9.17, 15) is 4.79 Å². The Kier molecular flexibility index (Phi) is 9.51. The quantitative estimate of drug-likeness (QED) is 0.210. The van der Waals surface area contributed by atoms with Crippen LogP contribution in [0.2, 0.25) is 0 Å². The van der Waals surface area contributed by atoms with Gasteiger partial charge in [0.25, 0.3) is 0 Å². The van der Waals surface area contributed by atoms with Crippen LogP contribution in [0.15, 0.2) is 11.6 Å². The number of likely N-dealkylation sites (tertiary alicyclic amines) is 1. The first-order valence-electron chi connectivity index (χ1n) is 17.6. The number of rotatable bonds is 9. The Morgan fingerprint density at radius 1 is 1.00 bits per heavy atom. The summed E-state index contributed by atoms with van der Waals surface area (Å²) < 4.78 is 6.13. The van der Waals surface area contributed by atoms with Crippen LogP contribution in [0.25, 0.3) is 0 Å². The van der Waals surface area contributed by atoms with Crippen LogP contribution in [0.1, 0.15) is 132 Å². The molecule has 3 saturated carbocycles. The Morgan fingerprint density at radius 2 is 1.75 bits per heavy atom. The predicted octanol–water partition coefficient (Wildman–Crippen LogP) is 9.31. The molecule has 4 aliphatic carbocycles. The van der Waals surface area contributed by atoms with Gasteiger partial charge in [-0.25, -0.2) is 0 Å². The molecule has 3 nitrogen and oxygen atoms in total. The van der Waals surface area contributed by atoms with Gasteiger partial charge in [-0.3, -0.25) is 4.79 Å². The molecule has 4 fully saturated rings. The molecule has 1 saturated heterocycles. The van der Waals surface area contributed by atoms with Crippen molar-refractivity contribution in [1.82, 2.24) is 4.90 Å². The van der Waals surface area contributed by atoms with E-state index in [1.807, 2.05) is 0 Å². The highest BCUT2D eigenvalue weighted by Crippen LogP contribution is 2.67. The number of nitrogens with zero attached hydrogens (tertiary/aromatic N) is 1. The summed E-state index contributed by atoms with van der Waals surface area (Å²) in [5.41, 5.74) is 2.52. The second kappa shape index (κ2) is 12.4. The summed E-state index contributed by atoms with van der Waals surface area (Å²) in [4.78, 5) is 15.3. The van der Waals surface area contributed by atoms with Crippen molar-refractivity contribution in [2.75, 3.05) is 19.6 Å². The Morgan fingerprint density at radius 3 is 2.48 bits per heavy atom. The number of carbonyl (C=O) groups excluding carboxylic acids is 1. The maximum Gasteiger partial charge on any atom is 0.307 e. The number of ether oxygens (including phenoxy) is 1. The summed E-state index contributed by atoms with van der Waals surface area (Å²) >= 11 is 0. The van der Waals surface area contributed by atoms with E-state index < -0.39 is 0 Å². The molecule has 228 valence electrons. The fourth-order valence-electron chi connectivity index (χ4n) is 11.2. The lowest BCUT2D eigenvalue weighted by atomic mass is 9.47. The molecule has 0 aromatic carbocycles. The van der Waals surface area contributed by atoms with Crippen molar-refractivity contribution in [2.24, 2.45) is 58.2 Å². The summed E-state index contributed by atoms with van der Waals surface area (Å²) in [5, 5.41) is 0. The average molecular weight is 554 g/mol. The minimum atomic E-state index is 0.0294. The molecular formula is C37H63NO2. The Labute approximate surface area is 247 Å². The Balaban J connectivity index is 1.16. The number of hydrogen-bond acceptors (Lipinski definition) is 3. The molecule has 0 bridgehead atoms. The molecular weight excluding hydrogens is 490 g/mol. The first-order chi connectivity index (χ1) is 19.0. The maximum atomic E-state index is 12.9. The van der Waals surface area contributed by atoms with Crippen LogP contribution in [0, 0.1) is 58.2 Å². The lowest BCUT2D eigenvalue weighted by Gasteiger charge is -2.58. The first kappa shape index (κ1) is 30.6. The standard InChI is InChI=1S/C37H63NO2/c1-25(2)9-8-10-28(5)32-13-14-33-31-12-11-29-22-30(15-18-36(29,6)34(31)16-19-37(32,33)7)40-35(39)17-20-38-23-26(3)21-27(4)24-38/h11,25-28,30-34H,8-10,12-24H2,1-7H3/t26-,27+,28-,30+,31-,32-,33+,34+,36+,37-/m0/s1. The van der Waals surface area contributed by atoms with E-state index in [0.717, 1.165) is 79.8 Å². The maximum absolute atomic E-state index is 12.9. The van der Waals surface area contributed by atoms with Gasteiger partial charge in [0.05, 0.1) is 6.42 Å². The monoisotopic (exact) mass is 553 g/mol. The molecule has 0 N–H and O–H groups in total. The zero-order valence-corrected chi connectivity index (χ0v) is 27.4. The minimum absolute atomic E-state index is 0.0294. The molecule has 10 atom stereocenters. The van der Waals surface area contributed by atoms with Gasteiger partial charge in [-0.2, -0.15) is 0 Å². The van der Waals surface area contributed by atoms with Crippen LogP contribution < -0.4 is 0 Å². The summed E-state index contributed by atoms with van der Waals surface area (Å²) in [5.74, 6) is 6.76. The van der Waals surface area contributed by atoms with Gasteiger partial charge in [0.15, 0.2) is 0 Å². The fraction of sp³-hybridized carbons (Fsp3) is 0.919. The van der Waals surface area contributed by atoms with Gasteiger partial charge < -0.3 is 9.64 Å². The first-order valence-corrected chi connectivity index (χ1v) is 17.6. The number of piperidine rings is 1. The van der Waals surface area contributed by atoms with Crippen LogP contribution in [0.3, 0.4) is 0 Å². The Hall–Kier alpha value is -0.830. The third-order valence-electron chi connectivity index (χ3n) is 13.1. The summed E-state index contributed by atoms with van der Waals surface area (Å²) in [7, 11) is 0. The van der Waals surface area contributed by atoms with E-state index in [1.54, 1.807) is 5.57 Å². The average Bonchev–Trinajstić information content (AvgIpc) is 3.24. The normalized spacial score (nSPS) is 42.5. The molecule has 5 aliphatic rings. The van der Waals surface area contributed by atoms with Crippen LogP contribution in [-0.2, 0) is 9.53 Å². The molecule has 0 unspecified atom stereocenters. The van der Waals surface area contributed by atoms with Crippen molar-refractivity contribution in [2.45, 2.75) is 138 Å². The van der Waals surface area contributed by atoms with Gasteiger partial charge in [-0.1, -0.05) is 79.4 Å². The van der Waals surface area contributed by atoms with Crippen LogP contribution in [0.5, 0.6) is 0 Å². The molecule has 0 aromatic rings. The third kappa shape index (κ3) is 6.26. The molecule has 0 amide bonds. The summed E-state index contributed by atoms with van der Waals surface area (Å²) in [6.45, 7) is 20.4. The fourth-order valence-corrected chi connectivity index (χ4v) is 11.2. The molecule has 5 rings (SSSR count). The lowest BCUT2D eigenvalue weighted by molar-refractivity contribution is -0.152. The van der Waals surface area contributed by atoms with Crippen LogP contribution in [0.4, 0.5) is 0 Å². The van der Waals surface area contributed by atoms with Gasteiger partial charge in [0, 0.05) is 26.1 Å². The second-order valence-corrected chi connectivity index (χ2v) is 16.6. The number of allylic oxidation sites excluding steroid dienone is 1. The summed E-state index contributed by atoms with van der Waals surface area (Å²) in [6, 6.07) is 0. The van der Waals surface area contributed by atoms with Gasteiger partial charge >= 0.3 is 5.97 Å². The topological polar surface area (TPSA) is 29.5 Å². The Bertz CT molecular complexity index is 900. The van der Waals surface area contributed by atoms with Crippen molar-refractivity contribution < 1.29 is 9.53 Å². The van der Waals surface area contributed by atoms with Crippen molar-refractivity contribution >= 4 is 5.97 Å². The number of fused-ring (bicyclic) bond motifs is 5. The zero-order chi connectivity index (χ0) is 28.7. The van der Waals surface area contributed by atoms with Gasteiger partial charge in [0.2, 0.25) is 0 Å². The smallest absolute Gasteiger partial charge is 0.307 e. The zero-order valence-electron chi connectivity index (χ0n) is 27.4. The van der Waals surface area contributed by atoms with E-state index in [4.69, 9.17) is 4.74 Å². The van der Waals surface area contributed by atoms with Crippen molar-refractivity contribution in [3.05, 3.63) is 11.6 Å². The second-order valence-electron chi connectivity index (χ2n) is 16.6. The summed E-state index contributed by atoms with van der Waals surface area (Å²) in [6.07, 6.45) is 19.1. The SMILES string of the molecule is CC(C)CCC[C@H](C)[C@@H]1CC[C@@H]2[C@@H]3CC=C4C[C@H](OC(=O)CCN5C[C@H](C)C[C@H](C)C5)CC[C@@]4(C)[C@@H]3CC[C@]21C. The number of hydrogen-bond donors (Lipinski definition) is 0. The number of esters is 1. The highest BCUT2D eigenvalue weighted by atomic mass is 16.5.